The first-order valence-electron chi connectivity index (χ1n) is 9.87. The number of nitrogens with zero attached hydrogens (tertiary/aromatic N) is 1. The summed E-state index contributed by atoms with van der Waals surface area (Å²) in [6.45, 7) is 8.29. The van der Waals surface area contributed by atoms with E-state index in [4.69, 9.17) is 16.3 Å². The van der Waals surface area contributed by atoms with Crippen LogP contribution in [0.3, 0.4) is 0 Å². The molecule has 1 N–H and O–H groups in total. The van der Waals surface area contributed by atoms with Crippen molar-refractivity contribution in [3.05, 3.63) is 64.2 Å². The SMILES string of the molecule is CCNC(=O)[C@H](CC)N(Cc1ccccc1Cl)C(=O)COc1cc(C)cc(C)c1. The van der Waals surface area contributed by atoms with Crippen molar-refractivity contribution in [3.8, 4) is 5.75 Å². The smallest absolute Gasteiger partial charge is 0.261 e. The van der Waals surface area contributed by atoms with Crippen molar-refractivity contribution in [2.24, 2.45) is 0 Å². The number of aryl methyl sites for hydroxylation is 2. The number of halogens is 1. The summed E-state index contributed by atoms with van der Waals surface area (Å²) in [6, 6.07) is 12.6. The highest BCUT2D eigenvalue weighted by atomic mass is 35.5. The minimum absolute atomic E-state index is 0.150. The maximum Gasteiger partial charge on any atom is 0.261 e. The van der Waals surface area contributed by atoms with Gasteiger partial charge in [-0.1, -0.05) is 42.8 Å². The van der Waals surface area contributed by atoms with E-state index in [1.165, 1.54) is 0 Å². The third-order valence-corrected chi connectivity index (χ3v) is 4.96. The van der Waals surface area contributed by atoms with Crippen LogP contribution in [0.1, 0.15) is 37.0 Å². The van der Waals surface area contributed by atoms with Crippen molar-refractivity contribution in [3.63, 3.8) is 0 Å². The molecular weight excluding hydrogens is 388 g/mol. The molecule has 0 bridgehead atoms. The number of carbonyl (C=O) groups is 2. The Morgan fingerprint density at radius 2 is 1.76 bits per heavy atom. The van der Waals surface area contributed by atoms with Gasteiger partial charge in [0.2, 0.25) is 5.91 Å². The van der Waals surface area contributed by atoms with Crippen molar-refractivity contribution < 1.29 is 14.3 Å². The highest BCUT2D eigenvalue weighted by Gasteiger charge is 2.29. The highest BCUT2D eigenvalue weighted by Crippen LogP contribution is 2.21. The lowest BCUT2D eigenvalue weighted by molar-refractivity contribution is -0.142. The fourth-order valence-corrected chi connectivity index (χ4v) is 3.46. The van der Waals surface area contributed by atoms with Gasteiger partial charge in [-0.15, -0.1) is 0 Å². The zero-order chi connectivity index (χ0) is 21.4. The summed E-state index contributed by atoms with van der Waals surface area (Å²) in [5, 5.41) is 3.38. The quantitative estimate of drug-likeness (QED) is 0.663. The largest absolute Gasteiger partial charge is 0.484 e. The number of carbonyl (C=O) groups excluding carboxylic acids is 2. The molecule has 2 amide bonds. The van der Waals surface area contributed by atoms with Gasteiger partial charge in [0.1, 0.15) is 11.8 Å². The van der Waals surface area contributed by atoms with Crippen LogP contribution < -0.4 is 10.1 Å². The van der Waals surface area contributed by atoms with Crippen LogP contribution in [0, 0.1) is 13.8 Å². The predicted octanol–water partition coefficient (Wildman–Crippen LogP) is 4.28. The van der Waals surface area contributed by atoms with Crippen molar-refractivity contribution in [2.45, 2.75) is 46.7 Å². The normalized spacial score (nSPS) is 11.6. The van der Waals surface area contributed by atoms with E-state index >= 15 is 0 Å². The maximum absolute atomic E-state index is 13.1. The molecule has 0 aliphatic rings. The van der Waals surface area contributed by atoms with E-state index in [-0.39, 0.29) is 25.0 Å². The summed E-state index contributed by atoms with van der Waals surface area (Å²) in [7, 11) is 0. The second kappa shape index (κ2) is 10.9. The molecule has 0 heterocycles. The first-order valence-corrected chi connectivity index (χ1v) is 10.2. The van der Waals surface area contributed by atoms with Gasteiger partial charge in [-0.05, 0) is 62.1 Å². The van der Waals surface area contributed by atoms with Gasteiger partial charge in [0.25, 0.3) is 5.91 Å². The molecule has 0 aromatic heterocycles. The number of nitrogens with one attached hydrogen (secondary N) is 1. The van der Waals surface area contributed by atoms with Gasteiger partial charge in [0.15, 0.2) is 6.61 Å². The Kier molecular flexibility index (Phi) is 8.52. The molecule has 0 aliphatic carbocycles. The van der Waals surface area contributed by atoms with Crippen LogP contribution in [-0.4, -0.2) is 35.9 Å². The Balaban J connectivity index is 2.23. The topological polar surface area (TPSA) is 58.6 Å². The Morgan fingerprint density at radius 3 is 2.34 bits per heavy atom. The van der Waals surface area contributed by atoms with Gasteiger partial charge in [0, 0.05) is 18.1 Å². The molecule has 2 rings (SSSR count). The monoisotopic (exact) mass is 416 g/mol. The van der Waals surface area contributed by atoms with Gasteiger partial charge in [0.05, 0.1) is 0 Å². The molecule has 5 nitrogen and oxygen atoms in total. The Hall–Kier alpha value is -2.53. The van der Waals surface area contributed by atoms with Crippen LogP contribution in [0.25, 0.3) is 0 Å². The van der Waals surface area contributed by atoms with Gasteiger partial charge in [-0.2, -0.15) is 0 Å². The summed E-state index contributed by atoms with van der Waals surface area (Å²) < 4.78 is 5.76. The molecule has 0 aliphatic heterocycles. The van der Waals surface area contributed by atoms with Gasteiger partial charge in [-0.3, -0.25) is 9.59 Å². The molecule has 6 heteroatoms. The van der Waals surface area contributed by atoms with Gasteiger partial charge in [-0.25, -0.2) is 0 Å². The molecular formula is C23H29ClN2O3. The second-order valence-electron chi connectivity index (χ2n) is 7.04. The van der Waals surface area contributed by atoms with Crippen LogP contribution in [0.2, 0.25) is 5.02 Å². The molecule has 2 aromatic carbocycles. The summed E-state index contributed by atoms with van der Waals surface area (Å²) in [5.74, 6) is 0.198. The molecule has 0 radical (unpaired) electrons. The highest BCUT2D eigenvalue weighted by molar-refractivity contribution is 6.31. The minimum Gasteiger partial charge on any atom is -0.484 e. The lowest BCUT2D eigenvalue weighted by atomic mass is 10.1. The maximum atomic E-state index is 13.1. The number of hydrogen-bond acceptors (Lipinski definition) is 3. The second-order valence-corrected chi connectivity index (χ2v) is 7.45. The molecule has 29 heavy (non-hydrogen) atoms. The Bertz CT molecular complexity index is 834. The molecule has 0 saturated carbocycles. The Morgan fingerprint density at radius 1 is 1.10 bits per heavy atom. The molecule has 0 saturated heterocycles. The van der Waals surface area contributed by atoms with Crippen molar-refractivity contribution in [1.82, 2.24) is 10.2 Å². The third-order valence-electron chi connectivity index (χ3n) is 4.59. The van der Waals surface area contributed by atoms with E-state index in [9.17, 15) is 9.59 Å². The third kappa shape index (κ3) is 6.50. The van der Waals surface area contributed by atoms with E-state index in [0.29, 0.717) is 23.7 Å². The lowest BCUT2D eigenvalue weighted by Gasteiger charge is -2.30. The Labute approximate surface area is 178 Å². The molecule has 156 valence electrons. The molecule has 2 aromatic rings. The predicted molar refractivity (Wildman–Crippen MR) is 116 cm³/mol. The van der Waals surface area contributed by atoms with Crippen LogP contribution in [0.15, 0.2) is 42.5 Å². The lowest BCUT2D eigenvalue weighted by Crippen LogP contribution is -2.50. The fraction of sp³-hybridized carbons (Fsp3) is 0.391. The fourth-order valence-electron chi connectivity index (χ4n) is 3.27. The summed E-state index contributed by atoms with van der Waals surface area (Å²) in [4.78, 5) is 27.2. The van der Waals surface area contributed by atoms with E-state index < -0.39 is 6.04 Å². The number of hydrogen-bond donors (Lipinski definition) is 1. The standard InChI is InChI=1S/C23H29ClN2O3/c1-5-21(23(28)25-6-2)26(14-18-9-7-8-10-20(18)24)22(27)15-29-19-12-16(3)11-17(4)13-19/h7-13,21H,5-6,14-15H2,1-4H3,(H,25,28)/t21-/m0/s1. The van der Waals surface area contributed by atoms with Gasteiger partial charge < -0.3 is 15.0 Å². The van der Waals surface area contributed by atoms with E-state index in [2.05, 4.69) is 5.32 Å². The molecule has 0 spiro atoms. The van der Waals surface area contributed by atoms with Crippen LogP contribution in [0.4, 0.5) is 0 Å². The number of likely N-dealkylation sites (N-methyl/N-ethyl adjacent to an activating group) is 1. The van der Waals surface area contributed by atoms with Crippen LogP contribution in [0.5, 0.6) is 5.75 Å². The van der Waals surface area contributed by atoms with Crippen LogP contribution >= 0.6 is 11.6 Å². The average molecular weight is 417 g/mol. The number of ether oxygens (including phenoxy) is 1. The zero-order valence-corrected chi connectivity index (χ0v) is 18.3. The number of amides is 2. The number of benzene rings is 2. The summed E-state index contributed by atoms with van der Waals surface area (Å²) in [6.07, 6.45) is 0.492. The number of rotatable bonds is 9. The van der Waals surface area contributed by atoms with Crippen molar-refractivity contribution in [1.29, 1.82) is 0 Å². The molecule has 0 fully saturated rings. The first kappa shape index (κ1) is 22.8. The van der Waals surface area contributed by atoms with E-state index in [1.54, 1.807) is 11.0 Å². The van der Waals surface area contributed by atoms with Crippen molar-refractivity contribution in [2.75, 3.05) is 13.2 Å². The van der Waals surface area contributed by atoms with Crippen molar-refractivity contribution >= 4 is 23.4 Å². The van der Waals surface area contributed by atoms with E-state index in [1.807, 2.05) is 64.1 Å². The first-order chi connectivity index (χ1) is 13.8. The van der Waals surface area contributed by atoms with Gasteiger partial charge >= 0.3 is 0 Å². The average Bonchev–Trinajstić information content (AvgIpc) is 2.67. The summed E-state index contributed by atoms with van der Waals surface area (Å²) >= 11 is 6.30. The zero-order valence-electron chi connectivity index (χ0n) is 17.5. The minimum atomic E-state index is -0.596. The molecule has 0 unspecified atom stereocenters. The van der Waals surface area contributed by atoms with Crippen LogP contribution in [-0.2, 0) is 16.1 Å². The summed E-state index contributed by atoms with van der Waals surface area (Å²) in [5.41, 5.74) is 2.92. The van der Waals surface area contributed by atoms with E-state index in [0.717, 1.165) is 16.7 Å². The molecule has 1 atom stereocenters.